The Kier molecular flexibility index (Phi) is 9.55. The van der Waals surface area contributed by atoms with Crippen LogP contribution in [0, 0.1) is 0 Å². The number of rotatable bonds is 12. The first-order valence-corrected chi connectivity index (χ1v) is 13.4. The van der Waals surface area contributed by atoms with Gasteiger partial charge in [0.25, 0.3) is 5.91 Å². The zero-order valence-electron chi connectivity index (χ0n) is 21.8. The number of carbonyl (C=O) groups is 2. The molecule has 1 fully saturated rings. The average Bonchev–Trinajstić information content (AvgIpc) is 3.41. The molecule has 202 valence electrons. The third kappa shape index (κ3) is 7.01. The lowest BCUT2D eigenvalue weighted by Crippen LogP contribution is -2.34. The highest BCUT2D eigenvalue weighted by molar-refractivity contribution is 6.31. The van der Waals surface area contributed by atoms with E-state index < -0.39 is 6.10 Å². The number of β-amino-alcohol motifs (C(OH)–C–C–N with tert-alkyl or cyclic N) is 1. The minimum Gasteiger partial charge on any atom is -0.490 e. The molecule has 0 spiro atoms. The van der Waals surface area contributed by atoms with Crippen molar-refractivity contribution in [3.8, 4) is 17.2 Å². The number of ketones is 1. The number of hydrogen-bond donors (Lipinski definition) is 2. The molecule has 2 aromatic carbocycles. The molecule has 1 saturated heterocycles. The maximum absolute atomic E-state index is 12.7. The summed E-state index contributed by atoms with van der Waals surface area (Å²) < 4.78 is 12.0. The fourth-order valence-electron chi connectivity index (χ4n) is 4.61. The highest BCUT2D eigenvalue weighted by atomic mass is 35.5. The van der Waals surface area contributed by atoms with Crippen LogP contribution in [0.15, 0.2) is 42.6 Å². The largest absolute Gasteiger partial charge is 0.490 e. The van der Waals surface area contributed by atoms with Gasteiger partial charge >= 0.3 is 0 Å². The first kappa shape index (κ1) is 27.8. The second-order valence-electron chi connectivity index (χ2n) is 9.55. The third-order valence-corrected chi connectivity index (χ3v) is 6.89. The third-order valence-electron chi connectivity index (χ3n) is 6.54. The highest BCUT2D eigenvalue weighted by Crippen LogP contribution is 2.35. The summed E-state index contributed by atoms with van der Waals surface area (Å²) in [5.74, 6) is 1.15. The molecular weight excluding hydrogens is 506 g/mol. The monoisotopic (exact) mass is 539 g/mol. The molecule has 1 aliphatic rings. The van der Waals surface area contributed by atoms with E-state index in [1.54, 1.807) is 49.6 Å². The molecule has 8 nitrogen and oxygen atoms in total. The van der Waals surface area contributed by atoms with Gasteiger partial charge in [-0.3, -0.25) is 14.6 Å². The summed E-state index contributed by atoms with van der Waals surface area (Å²) in [6, 6.07) is 10.3. The SMILES string of the molecule is CCCC(=O)Cc1ccc(Oc2ccnc3cc(OC[C@H](O)CN4CCCC4)c(C(=O)NC)cc23)cc1Cl. The standard InChI is InChI=1S/C29H34ClN3O5/c1-3-6-20(34)13-19-7-8-22(14-25(19)30)38-27-9-10-32-26-16-28(24(15-23(26)27)29(36)31-2)37-18-21(35)17-33-11-4-5-12-33/h7-10,14-16,21,35H,3-6,11-13,17-18H2,1-2H3,(H,31,36)/t21-/m1/s1. The number of hydrogen-bond acceptors (Lipinski definition) is 7. The van der Waals surface area contributed by atoms with Gasteiger partial charge in [0.2, 0.25) is 0 Å². The summed E-state index contributed by atoms with van der Waals surface area (Å²) in [6.07, 6.45) is 4.84. The summed E-state index contributed by atoms with van der Waals surface area (Å²) in [4.78, 5) is 31.4. The molecule has 2 heterocycles. The molecule has 0 saturated carbocycles. The smallest absolute Gasteiger partial charge is 0.254 e. The Labute approximate surface area is 227 Å². The fraction of sp³-hybridized carbons (Fsp3) is 0.414. The summed E-state index contributed by atoms with van der Waals surface area (Å²) in [7, 11) is 1.55. The van der Waals surface area contributed by atoms with E-state index in [-0.39, 0.29) is 24.7 Å². The second-order valence-corrected chi connectivity index (χ2v) is 9.95. The molecule has 38 heavy (non-hydrogen) atoms. The first-order chi connectivity index (χ1) is 18.4. The number of ether oxygens (including phenoxy) is 2. The molecule has 0 unspecified atom stereocenters. The van der Waals surface area contributed by atoms with Crippen molar-refractivity contribution in [1.29, 1.82) is 0 Å². The molecule has 2 N–H and O–H groups in total. The number of aliphatic hydroxyl groups excluding tert-OH is 1. The summed E-state index contributed by atoms with van der Waals surface area (Å²) in [6.45, 7) is 4.53. The van der Waals surface area contributed by atoms with Crippen LogP contribution in [-0.4, -0.2) is 66.1 Å². The molecule has 1 aliphatic heterocycles. The number of Topliss-reactive ketones (excluding diaryl/α,β-unsaturated/α-hetero) is 1. The van der Waals surface area contributed by atoms with Crippen molar-refractivity contribution in [3.63, 3.8) is 0 Å². The van der Waals surface area contributed by atoms with Crippen LogP contribution < -0.4 is 14.8 Å². The topological polar surface area (TPSA) is 101 Å². The Bertz CT molecular complexity index is 1290. The predicted octanol–water partition coefficient (Wildman–Crippen LogP) is 4.79. The van der Waals surface area contributed by atoms with E-state index in [1.807, 2.05) is 6.92 Å². The van der Waals surface area contributed by atoms with Gasteiger partial charge in [0.1, 0.15) is 35.7 Å². The van der Waals surface area contributed by atoms with Gasteiger partial charge < -0.3 is 24.8 Å². The molecule has 1 atom stereocenters. The van der Waals surface area contributed by atoms with Crippen LogP contribution in [0.4, 0.5) is 0 Å². The van der Waals surface area contributed by atoms with Gasteiger partial charge in [-0.25, -0.2) is 0 Å². The van der Waals surface area contributed by atoms with Gasteiger partial charge in [-0.2, -0.15) is 0 Å². The van der Waals surface area contributed by atoms with Gasteiger partial charge in [-0.15, -0.1) is 0 Å². The number of likely N-dealkylation sites (tertiary alicyclic amines) is 1. The van der Waals surface area contributed by atoms with Gasteiger partial charge in [-0.05, 0) is 62.2 Å². The molecule has 3 aromatic rings. The lowest BCUT2D eigenvalue weighted by molar-refractivity contribution is -0.118. The number of aliphatic hydroxyl groups is 1. The maximum atomic E-state index is 12.7. The van der Waals surface area contributed by atoms with E-state index in [0.717, 1.165) is 37.9 Å². The van der Waals surface area contributed by atoms with E-state index in [4.69, 9.17) is 21.1 Å². The van der Waals surface area contributed by atoms with E-state index in [9.17, 15) is 14.7 Å². The van der Waals surface area contributed by atoms with Crippen molar-refractivity contribution >= 4 is 34.2 Å². The summed E-state index contributed by atoms with van der Waals surface area (Å²) in [5.41, 5.74) is 1.65. The minimum atomic E-state index is -0.672. The molecule has 1 amide bonds. The number of nitrogens with one attached hydrogen (secondary N) is 1. The van der Waals surface area contributed by atoms with E-state index in [1.165, 1.54) is 0 Å². The predicted molar refractivity (Wildman–Crippen MR) is 147 cm³/mol. The Balaban J connectivity index is 1.56. The number of halogens is 1. The van der Waals surface area contributed by atoms with E-state index in [2.05, 4.69) is 15.2 Å². The van der Waals surface area contributed by atoms with Crippen LogP contribution in [0.3, 0.4) is 0 Å². The van der Waals surface area contributed by atoms with Crippen molar-refractivity contribution in [2.24, 2.45) is 0 Å². The molecule has 9 heteroatoms. The lowest BCUT2D eigenvalue weighted by Gasteiger charge is -2.20. The zero-order valence-corrected chi connectivity index (χ0v) is 22.6. The zero-order chi connectivity index (χ0) is 27.1. The Hall–Kier alpha value is -3.20. The molecule has 0 aliphatic carbocycles. The molecule has 0 radical (unpaired) electrons. The van der Waals surface area contributed by atoms with Crippen LogP contribution in [0.2, 0.25) is 5.02 Å². The number of carbonyl (C=O) groups excluding carboxylic acids is 2. The minimum absolute atomic E-state index is 0.0633. The van der Waals surface area contributed by atoms with Gasteiger partial charge in [0, 0.05) is 49.1 Å². The number of nitrogens with zero attached hydrogens (tertiary/aromatic N) is 2. The molecular formula is C29H34ClN3O5. The number of pyridine rings is 1. The van der Waals surface area contributed by atoms with Crippen molar-refractivity contribution < 1.29 is 24.2 Å². The normalized spacial score (nSPS) is 14.4. The van der Waals surface area contributed by atoms with Crippen molar-refractivity contribution in [2.45, 2.75) is 45.1 Å². The number of amides is 1. The van der Waals surface area contributed by atoms with Crippen molar-refractivity contribution in [1.82, 2.24) is 15.2 Å². The van der Waals surface area contributed by atoms with E-state index in [0.29, 0.717) is 51.7 Å². The number of benzene rings is 2. The molecule has 0 bridgehead atoms. The maximum Gasteiger partial charge on any atom is 0.254 e. The number of fused-ring (bicyclic) bond motifs is 1. The number of aromatic nitrogens is 1. The van der Waals surface area contributed by atoms with Crippen LogP contribution >= 0.6 is 11.6 Å². The summed E-state index contributed by atoms with van der Waals surface area (Å²) in [5, 5.41) is 14.2. The van der Waals surface area contributed by atoms with Crippen LogP contribution in [0.1, 0.15) is 48.5 Å². The Morgan fingerprint density at radius 1 is 1.16 bits per heavy atom. The van der Waals surface area contributed by atoms with Gasteiger partial charge in [-0.1, -0.05) is 24.6 Å². The lowest BCUT2D eigenvalue weighted by atomic mass is 10.1. The van der Waals surface area contributed by atoms with Crippen molar-refractivity contribution in [2.75, 3.05) is 33.3 Å². The Morgan fingerprint density at radius 2 is 1.95 bits per heavy atom. The first-order valence-electron chi connectivity index (χ1n) is 13.0. The van der Waals surface area contributed by atoms with Crippen LogP contribution in [0.25, 0.3) is 10.9 Å². The van der Waals surface area contributed by atoms with Crippen LogP contribution in [0.5, 0.6) is 17.2 Å². The Morgan fingerprint density at radius 3 is 2.66 bits per heavy atom. The van der Waals surface area contributed by atoms with Crippen LogP contribution in [-0.2, 0) is 11.2 Å². The van der Waals surface area contributed by atoms with Gasteiger partial charge in [0.05, 0.1) is 11.1 Å². The fourth-order valence-corrected chi connectivity index (χ4v) is 4.85. The molecule has 1 aromatic heterocycles. The summed E-state index contributed by atoms with van der Waals surface area (Å²) >= 11 is 6.44. The van der Waals surface area contributed by atoms with E-state index >= 15 is 0 Å². The quantitative estimate of drug-likeness (QED) is 0.341. The highest BCUT2D eigenvalue weighted by Gasteiger charge is 2.20. The van der Waals surface area contributed by atoms with Gasteiger partial charge in [0.15, 0.2) is 0 Å². The average molecular weight is 540 g/mol. The van der Waals surface area contributed by atoms with Crippen molar-refractivity contribution in [3.05, 3.63) is 58.7 Å². The molecule has 4 rings (SSSR count). The second kappa shape index (κ2) is 13.0.